The number of rotatable bonds is 2. The van der Waals surface area contributed by atoms with Crippen molar-refractivity contribution in [2.24, 2.45) is 0 Å². The van der Waals surface area contributed by atoms with Crippen molar-refractivity contribution in [3.8, 4) is 0 Å². The van der Waals surface area contributed by atoms with E-state index in [1.165, 1.54) is 0 Å². The van der Waals surface area contributed by atoms with Crippen molar-refractivity contribution in [2.45, 2.75) is 0 Å². The molecule has 0 aliphatic rings. The molecule has 0 amide bonds. The molecule has 0 bridgehead atoms. The third kappa shape index (κ3) is 2.27. The monoisotopic (exact) mass is 326 g/mol. The summed E-state index contributed by atoms with van der Waals surface area (Å²) in [7, 11) is 1.95. The number of nitrogens with zero attached hydrogens (tertiary/aromatic N) is 1. The van der Waals surface area contributed by atoms with Gasteiger partial charge in [-0.25, -0.2) is 0 Å². The van der Waals surface area contributed by atoms with Gasteiger partial charge in [0, 0.05) is 28.6 Å². The SMILES string of the molecule is CN(c1cc[nH]c(=O)c1)c1ccccc1I. The Kier molecular flexibility index (Phi) is 3.28. The number of aromatic amines is 1. The Labute approximate surface area is 107 Å². The van der Waals surface area contributed by atoms with E-state index in [0.29, 0.717) is 0 Å². The maximum absolute atomic E-state index is 11.2. The predicted octanol–water partition coefficient (Wildman–Crippen LogP) is 2.75. The number of aromatic nitrogens is 1. The predicted molar refractivity (Wildman–Crippen MR) is 74.3 cm³/mol. The van der Waals surface area contributed by atoms with Crippen molar-refractivity contribution < 1.29 is 0 Å². The van der Waals surface area contributed by atoms with Crippen LogP contribution in [-0.2, 0) is 0 Å². The third-order valence-corrected chi connectivity index (χ3v) is 3.27. The van der Waals surface area contributed by atoms with Crippen LogP contribution in [0.15, 0.2) is 47.4 Å². The van der Waals surface area contributed by atoms with Crippen LogP contribution in [0.2, 0.25) is 0 Å². The molecule has 0 spiro atoms. The van der Waals surface area contributed by atoms with E-state index in [1.807, 2.05) is 42.3 Å². The summed E-state index contributed by atoms with van der Waals surface area (Å²) in [6.45, 7) is 0. The first-order valence-corrected chi connectivity index (χ1v) is 5.93. The van der Waals surface area contributed by atoms with Crippen molar-refractivity contribution in [1.29, 1.82) is 0 Å². The molecule has 0 saturated carbocycles. The number of nitrogens with one attached hydrogen (secondary N) is 1. The highest BCUT2D eigenvalue weighted by atomic mass is 127. The first-order chi connectivity index (χ1) is 7.68. The van der Waals surface area contributed by atoms with Crippen LogP contribution in [0.4, 0.5) is 11.4 Å². The fourth-order valence-electron chi connectivity index (χ4n) is 1.50. The van der Waals surface area contributed by atoms with Gasteiger partial charge in [-0.05, 0) is 40.8 Å². The van der Waals surface area contributed by atoms with Crippen LogP contribution in [0, 0.1) is 3.57 Å². The maximum Gasteiger partial charge on any atom is 0.249 e. The van der Waals surface area contributed by atoms with Crippen LogP contribution in [0.1, 0.15) is 0 Å². The van der Waals surface area contributed by atoms with E-state index in [1.54, 1.807) is 12.3 Å². The molecule has 2 aromatic rings. The molecule has 82 valence electrons. The zero-order valence-electron chi connectivity index (χ0n) is 8.77. The number of benzene rings is 1. The molecule has 1 aromatic carbocycles. The van der Waals surface area contributed by atoms with Gasteiger partial charge in [-0.1, -0.05) is 12.1 Å². The Morgan fingerprint density at radius 3 is 2.69 bits per heavy atom. The Morgan fingerprint density at radius 1 is 1.25 bits per heavy atom. The maximum atomic E-state index is 11.2. The molecule has 3 nitrogen and oxygen atoms in total. The Hall–Kier alpha value is -1.30. The van der Waals surface area contributed by atoms with Crippen molar-refractivity contribution in [2.75, 3.05) is 11.9 Å². The molecule has 0 atom stereocenters. The van der Waals surface area contributed by atoms with Crippen LogP contribution >= 0.6 is 22.6 Å². The standard InChI is InChI=1S/C12H11IN2O/c1-15(9-6-7-14-12(16)8-9)11-5-3-2-4-10(11)13/h2-8H,1H3,(H,14,16). The molecule has 0 fully saturated rings. The number of anilines is 2. The van der Waals surface area contributed by atoms with Gasteiger partial charge in [0.2, 0.25) is 5.56 Å². The summed E-state index contributed by atoms with van der Waals surface area (Å²) in [6, 6.07) is 11.5. The summed E-state index contributed by atoms with van der Waals surface area (Å²) >= 11 is 2.28. The summed E-state index contributed by atoms with van der Waals surface area (Å²) in [5.41, 5.74) is 1.89. The van der Waals surface area contributed by atoms with Crippen LogP contribution < -0.4 is 10.5 Å². The third-order valence-electron chi connectivity index (χ3n) is 2.36. The summed E-state index contributed by atoms with van der Waals surface area (Å²) in [6.07, 6.45) is 1.66. The topological polar surface area (TPSA) is 36.1 Å². The molecule has 1 aromatic heterocycles. The largest absolute Gasteiger partial charge is 0.344 e. The number of pyridine rings is 1. The van der Waals surface area contributed by atoms with Crippen LogP contribution in [0.25, 0.3) is 0 Å². The zero-order valence-corrected chi connectivity index (χ0v) is 10.9. The van der Waals surface area contributed by atoms with E-state index in [2.05, 4.69) is 27.6 Å². The molecule has 0 saturated heterocycles. The number of H-pyrrole nitrogens is 1. The summed E-state index contributed by atoms with van der Waals surface area (Å²) in [5.74, 6) is 0. The highest BCUT2D eigenvalue weighted by Crippen LogP contribution is 2.26. The minimum absolute atomic E-state index is 0.0877. The van der Waals surface area contributed by atoms with E-state index in [0.717, 1.165) is 14.9 Å². The molecular weight excluding hydrogens is 315 g/mol. The van der Waals surface area contributed by atoms with Gasteiger partial charge in [0.15, 0.2) is 0 Å². The van der Waals surface area contributed by atoms with E-state index < -0.39 is 0 Å². The summed E-state index contributed by atoms with van der Waals surface area (Å²) in [5, 5.41) is 0. The lowest BCUT2D eigenvalue weighted by Gasteiger charge is -2.20. The fourth-order valence-corrected chi connectivity index (χ4v) is 2.25. The smallest absolute Gasteiger partial charge is 0.249 e. The Morgan fingerprint density at radius 2 is 2.00 bits per heavy atom. The van der Waals surface area contributed by atoms with Gasteiger partial charge in [-0.15, -0.1) is 0 Å². The average Bonchev–Trinajstić information content (AvgIpc) is 2.29. The minimum atomic E-state index is -0.0877. The lowest BCUT2D eigenvalue weighted by atomic mass is 10.2. The normalized spacial score (nSPS) is 10.1. The molecule has 2 rings (SSSR count). The van der Waals surface area contributed by atoms with Gasteiger partial charge in [0.05, 0.1) is 5.69 Å². The average molecular weight is 326 g/mol. The second-order valence-corrected chi connectivity index (χ2v) is 4.58. The van der Waals surface area contributed by atoms with Gasteiger partial charge < -0.3 is 9.88 Å². The Balaban J connectivity index is 2.43. The highest BCUT2D eigenvalue weighted by molar-refractivity contribution is 14.1. The van der Waals surface area contributed by atoms with Gasteiger partial charge >= 0.3 is 0 Å². The van der Waals surface area contributed by atoms with Crippen LogP contribution in [0.3, 0.4) is 0 Å². The molecular formula is C12H11IN2O. The number of hydrogen-bond donors (Lipinski definition) is 1. The summed E-state index contributed by atoms with van der Waals surface area (Å²) < 4.78 is 1.16. The van der Waals surface area contributed by atoms with E-state index in [4.69, 9.17) is 0 Å². The Bertz CT molecular complexity index is 550. The zero-order chi connectivity index (χ0) is 11.5. The number of para-hydroxylation sites is 1. The molecule has 16 heavy (non-hydrogen) atoms. The van der Waals surface area contributed by atoms with Crippen LogP contribution in [-0.4, -0.2) is 12.0 Å². The second kappa shape index (κ2) is 4.69. The van der Waals surface area contributed by atoms with E-state index in [9.17, 15) is 4.79 Å². The van der Waals surface area contributed by atoms with Crippen molar-refractivity contribution in [3.05, 3.63) is 56.5 Å². The molecule has 1 heterocycles. The van der Waals surface area contributed by atoms with Gasteiger partial charge in [0.25, 0.3) is 0 Å². The van der Waals surface area contributed by atoms with E-state index >= 15 is 0 Å². The molecule has 0 unspecified atom stereocenters. The van der Waals surface area contributed by atoms with Crippen molar-refractivity contribution >= 4 is 34.0 Å². The first kappa shape index (κ1) is 11.2. The first-order valence-electron chi connectivity index (χ1n) is 4.85. The highest BCUT2D eigenvalue weighted by Gasteiger charge is 2.06. The molecule has 4 heteroatoms. The number of halogens is 1. The van der Waals surface area contributed by atoms with Gasteiger partial charge in [-0.2, -0.15) is 0 Å². The van der Waals surface area contributed by atoms with Gasteiger partial charge in [-0.3, -0.25) is 4.79 Å². The molecule has 0 radical (unpaired) electrons. The quantitative estimate of drug-likeness (QED) is 0.862. The molecule has 0 aliphatic heterocycles. The fraction of sp³-hybridized carbons (Fsp3) is 0.0833. The minimum Gasteiger partial charge on any atom is -0.344 e. The number of hydrogen-bond acceptors (Lipinski definition) is 2. The molecule has 0 aliphatic carbocycles. The van der Waals surface area contributed by atoms with Crippen molar-refractivity contribution in [3.63, 3.8) is 0 Å². The summed E-state index contributed by atoms with van der Waals surface area (Å²) in [4.78, 5) is 15.8. The molecule has 1 N–H and O–H groups in total. The lowest BCUT2D eigenvalue weighted by molar-refractivity contribution is 1.15. The second-order valence-electron chi connectivity index (χ2n) is 3.42. The van der Waals surface area contributed by atoms with Gasteiger partial charge in [0.1, 0.15) is 0 Å². The van der Waals surface area contributed by atoms with Crippen LogP contribution in [0.5, 0.6) is 0 Å². The van der Waals surface area contributed by atoms with Crippen molar-refractivity contribution in [1.82, 2.24) is 4.98 Å². The lowest BCUT2D eigenvalue weighted by Crippen LogP contribution is -2.14. The van der Waals surface area contributed by atoms with E-state index in [-0.39, 0.29) is 5.56 Å².